The van der Waals surface area contributed by atoms with Crippen LogP contribution in [0.25, 0.3) is 11.3 Å². The van der Waals surface area contributed by atoms with E-state index in [2.05, 4.69) is 15.4 Å². The van der Waals surface area contributed by atoms with E-state index < -0.39 is 38.7 Å². The van der Waals surface area contributed by atoms with E-state index in [-0.39, 0.29) is 36.5 Å². The summed E-state index contributed by atoms with van der Waals surface area (Å²) >= 11 is 6.63. The number of aliphatic hydroxyl groups is 1. The summed E-state index contributed by atoms with van der Waals surface area (Å²) in [5, 5.41) is 17.5. The van der Waals surface area contributed by atoms with Gasteiger partial charge in [0.05, 0.1) is 27.5 Å². The Hall–Kier alpha value is -2.18. The molecule has 0 saturated heterocycles. The van der Waals surface area contributed by atoms with E-state index in [1.54, 1.807) is 6.07 Å². The van der Waals surface area contributed by atoms with Gasteiger partial charge in [0.1, 0.15) is 9.84 Å². The Kier molecular flexibility index (Phi) is 9.20. The monoisotopic (exact) mass is 578 g/mol. The first-order valence-corrected chi connectivity index (χ1v) is 14.9. The summed E-state index contributed by atoms with van der Waals surface area (Å²) in [6.45, 7) is 5.08. The number of rotatable bonds is 9. The fourth-order valence-electron chi connectivity index (χ4n) is 4.73. The third-order valence-electron chi connectivity index (χ3n) is 7.21. The molecule has 2 N–H and O–H groups in total. The summed E-state index contributed by atoms with van der Waals surface area (Å²) in [5.74, 6) is -2.13. The number of aromatic nitrogens is 3. The zero-order chi connectivity index (χ0) is 28.5. The van der Waals surface area contributed by atoms with Crippen LogP contribution < -0.4 is 5.32 Å². The first-order valence-electron chi connectivity index (χ1n) is 12.6. The van der Waals surface area contributed by atoms with E-state index in [4.69, 9.17) is 11.6 Å². The average Bonchev–Trinajstić information content (AvgIpc) is 3.17. The highest BCUT2D eigenvalue weighted by molar-refractivity contribution is 7.91. The van der Waals surface area contributed by atoms with Crippen LogP contribution in [0.1, 0.15) is 68.2 Å². The summed E-state index contributed by atoms with van der Waals surface area (Å²) in [4.78, 5) is 17.3. The number of aryl methyl sites for hydroxylation is 2. The molecule has 2 heterocycles. The van der Waals surface area contributed by atoms with Crippen LogP contribution in [-0.4, -0.2) is 64.0 Å². The van der Waals surface area contributed by atoms with Gasteiger partial charge in [0.15, 0.2) is 5.69 Å². The fraction of sp³-hybridized carbons (Fsp3) is 0.640. The molecule has 212 valence electrons. The van der Waals surface area contributed by atoms with Crippen molar-refractivity contribution in [2.24, 2.45) is 5.92 Å². The van der Waals surface area contributed by atoms with Gasteiger partial charge in [0, 0.05) is 43.2 Å². The van der Waals surface area contributed by atoms with Crippen molar-refractivity contribution in [3.05, 3.63) is 34.2 Å². The van der Waals surface area contributed by atoms with Gasteiger partial charge in [-0.25, -0.2) is 8.42 Å². The van der Waals surface area contributed by atoms with Gasteiger partial charge < -0.3 is 10.4 Å². The lowest BCUT2D eigenvalue weighted by Gasteiger charge is -2.35. The molecule has 1 aliphatic rings. The Morgan fingerprint density at radius 2 is 1.95 bits per heavy atom. The highest BCUT2D eigenvalue weighted by atomic mass is 35.5. The lowest BCUT2D eigenvalue weighted by atomic mass is 9.84. The fourth-order valence-corrected chi connectivity index (χ4v) is 6.14. The number of pyridine rings is 1. The second-order valence-electron chi connectivity index (χ2n) is 10.1. The summed E-state index contributed by atoms with van der Waals surface area (Å²) < 4.78 is 64.2. The molecule has 0 radical (unpaired) electrons. The first kappa shape index (κ1) is 30.4. The van der Waals surface area contributed by atoms with Crippen molar-refractivity contribution in [2.45, 2.75) is 82.9 Å². The maximum atomic E-state index is 13.0. The zero-order valence-electron chi connectivity index (χ0n) is 21.9. The number of amides is 1. The van der Waals surface area contributed by atoms with Crippen molar-refractivity contribution in [1.29, 1.82) is 0 Å². The molecule has 1 atom stereocenters. The van der Waals surface area contributed by atoms with Crippen LogP contribution in [0.5, 0.6) is 0 Å². The normalized spacial score (nSPS) is 21.3. The Bertz CT molecular complexity index is 1270. The molecule has 0 bridgehead atoms. The Morgan fingerprint density at radius 3 is 2.47 bits per heavy atom. The summed E-state index contributed by atoms with van der Waals surface area (Å²) in [7, 11) is -3.19. The highest BCUT2D eigenvalue weighted by Crippen LogP contribution is 2.35. The first-order chi connectivity index (χ1) is 17.6. The van der Waals surface area contributed by atoms with Crippen LogP contribution in [0.15, 0.2) is 12.3 Å². The number of carbonyl (C=O) groups is 1. The molecule has 3 rings (SSSR count). The van der Waals surface area contributed by atoms with E-state index in [9.17, 15) is 31.5 Å². The molecule has 13 heteroatoms. The molecule has 1 saturated carbocycles. The van der Waals surface area contributed by atoms with E-state index >= 15 is 0 Å². The number of nitrogens with zero attached hydrogens (tertiary/aromatic N) is 3. The van der Waals surface area contributed by atoms with Gasteiger partial charge in [-0.3, -0.25) is 14.5 Å². The van der Waals surface area contributed by atoms with Gasteiger partial charge in [-0.15, -0.1) is 0 Å². The minimum Gasteiger partial charge on any atom is -0.388 e. The maximum Gasteiger partial charge on any atom is 0.391 e. The smallest absolute Gasteiger partial charge is 0.388 e. The van der Waals surface area contributed by atoms with Crippen LogP contribution >= 0.6 is 11.6 Å². The number of sulfone groups is 1. The second-order valence-corrected chi connectivity index (χ2v) is 12.8. The van der Waals surface area contributed by atoms with Crippen molar-refractivity contribution in [3.8, 4) is 11.3 Å². The van der Waals surface area contributed by atoms with Crippen molar-refractivity contribution in [2.75, 3.05) is 12.8 Å². The molecule has 38 heavy (non-hydrogen) atoms. The molecule has 0 aromatic carbocycles. The molecule has 2 aromatic heterocycles. The van der Waals surface area contributed by atoms with Crippen LogP contribution in [0.4, 0.5) is 13.2 Å². The van der Waals surface area contributed by atoms with E-state index in [0.29, 0.717) is 42.8 Å². The largest absolute Gasteiger partial charge is 0.391 e. The minimum absolute atomic E-state index is 0.0474. The Morgan fingerprint density at radius 1 is 1.32 bits per heavy atom. The maximum absolute atomic E-state index is 13.0. The third kappa shape index (κ3) is 6.87. The van der Waals surface area contributed by atoms with Gasteiger partial charge in [0.25, 0.3) is 5.91 Å². The second kappa shape index (κ2) is 11.5. The standard InChI is InChI=1S/C25H34ClF3N4O4S/c1-5-16-12-17(11-15(3)25(27,28)29)30-13-19(16)22-20(26)21(32-33(22)6-2)23(34)31-14-24(35)9-7-18(8-10-24)38(4,36)37/h12-13,15,18,35H,5-11,14H2,1-4H3,(H,31,34)/t15-,18?,24?/m1/s1. The van der Waals surface area contributed by atoms with Gasteiger partial charge in [-0.1, -0.05) is 25.4 Å². The van der Waals surface area contributed by atoms with Crippen LogP contribution in [0, 0.1) is 5.92 Å². The Balaban J connectivity index is 1.81. The summed E-state index contributed by atoms with van der Waals surface area (Å²) in [6, 6.07) is 1.63. The number of alkyl halides is 3. The lowest BCUT2D eigenvalue weighted by molar-refractivity contribution is -0.169. The van der Waals surface area contributed by atoms with Gasteiger partial charge >= 0.3 is 6.18 Å². The number of halogens is 4. The Labute approximate surface area is 225 Å². The molecule has 2 aromatic rings. The predicted molar refractivity (Wildman–Crippen MR) is 139 cm³/mol. The van der Waals surface area contributed by atoms with E-state index in [1.807, 2.05) is 13.8 Å². The van der Waals surface area contributed by atoms with Crippen LogP contribution in [0.3, 0.4) is 0 Å². The van der Waals surface area contributed by atoms with Crippen LogP contribution in [-0.2, 0) is 29.2 Å². The molecule has 1 aliphatic carbocycles. The highest BCUT2D eigenvalue weighted by Gasteiger charge is 2.38. The summed E-state index contributed by atoms with van der Waals surface area (Å²) in [5.41, 5.74) is 0.769. The predicted octanol–water partition coefficient (Wildman–Crippen LogP) is 4.37. The van der Waals surface area contributed by atoms with Crippen molar-refractivity contribution in [3.63, 3.8) is 0 Å². The van der Waals surface area contributed by atoms with E-state index in [1.165, 1.54) is 17.1 Å². The van der Waals surface area contributed by atoms with Crippen molar-refractivity contribution < 1.29 is 31.5 Å². The lowest BCUT2D eigenvalue weighted by Crippen LogP contribution is -2.47. The quantitative estimate of drug-likeness (QED) is 0.457. The number of carbonyl (C=O) groups excluding carboxylic acids is 1. The number of hydrogen-bond donors (Lipinski definition) is 2. The topological polar surface area (TPSA) is 114 Å². The average molecular weight is 579 g/mol. The van der Waals surface area contributed by atoms with Gasteiger partial charge in [0.2, 0.25) is 0 Å². The van der Waals surface area contributed by atoms with Gasteiger partial charge in [-0.05, 0) is 50.7 Å². The van der Waals surface area contributed by atoms with Crippen LogP contribution in [0.2, 0.25) is 5.02 Å². The molecule has 0 unspecified atom stereocenters. The third-order valence-corrected chi connectivity index (χ3v) is 9.25. The van der Waals surface area contributed by atoms with Gasteiger partial charge in [-0.2, -0.15) is 18.3 Å². The molecule has 8 nitrogen and oxygen atoms in total. The van der Waals surface area contributed by atoms with E-state index in [0.717, 1.165) is 12.5 Å². The SMILES string of the molecule is CCc1cc(C[C@@H](C)C(F)(F)F)ncc1-c1c(Cl)c(C(=O)NCC2(O)CCC(S(C)(=O)=O)CC2)nn1CC. The van der Waals surface area contributed by atoms with Crippen molar-refractivity contribution in [1.82, 2.24) is 20.1 Å². The minimum atomic E-state index is -4.32. The molecular formula is C25H34ClF3N4O4S. The molecular weight excluding hydrogens is 545 g/mol. The molecule has 1 amide bonds. The zero-order valence-corrected chi connectivity index (χ0v) is 23.5. The summed E-state index contributed by atoms with van der Waals surface area (Å²) in [6.07, 6.45) is -0.328. The van der Waals surface area contributed by atoms with Crippen molar-refractivity contribution >= 4 is 27.3 Å². The number of nitrogens with one attached hydrogen (secondary N) is 1. The number of hydrogen-bond acceptors (Lipinski definition) is 6. The molecule has 1 fully saturated rings. The molecule has 0 aliphatic heterocycles. The molecule has 0 spiro atoms.